The van der Waals surface area contributed by atoms with Crippen LogP contribution >= 0.6 is 11.6 Å². The van der Waals surface area contributed by atoms with Crippen LogP contribution in [0.25, 0.3) is 5.69 Å². The van der Waals surface area contributed by atoms with Crippen LogP contribution in [-0.4, -0.2) is 30.2 Å². The Balaban J connectivity index is 1.70. The minimum absolute atomic E-state index is 0.00930. The number of carbonyl (C=O) groups excluding carboxylic acids is 1. The Bertz CT molecular complexity index is 1530. The van der Waals surface area contributed by atoms with Crippen molar-refractivity contribution in [2.75, 3.05) is 16.2 Å². The van der Waals surface area contributed by atoms with Crippen LogP contribution in [0.1, 0.15) is 5.69 Å². The zero-order valence-electron chi connectivity index (χ0n) is 19.1. The Labute approximate surface area is 208 Å². The van der Waals surface area contributed by atoms with E-state index in [2.05, 4.69) is 5.32 Å². The van der Waals surface area contributed by atoms with Crippen LogP contribution in [0, 0.1) is 6.92 Å². The molecule has 4 rings (SSSR count). The van der Waals surface area contributed by atoms with Gasteiger partial charge in [-0.25, -0.2) is 13.1 Å². The van der Waals surface area contributed by atoms with Crippen LogP contribution in [-0.2, 0) is 21.9 Å². The molecular weight excluding hydrogens is 488 g/mol. The molecule has 1 heterocycles. The summed E-state index contributed by atoms with van der Waals surface area (Å²) in [4.78, 5) is 26.3. The Morgan fingerprint density at radius 1 is 0.943 bits per heavy atom. The zero-order chi connectivity index (χ0) is 25.2. The number of hydrogen-bond acceptors (Lipinski definition) is 4. The Morgan fingerprint density at radius 2 is 1.51 bits per heavy atom. The first-order valence-electron chi connectivity index (χ1n) is 10.7. The molecule has 0 atom stereocenters. The van der Waals surface area contributed by atoms with Gasteiger partial charge in [0.05, 0.1) is 27.0 Å². The van der Waals surface area contributed by atoms with Gasteiger partial charge in [-0.2, -0.15) is 0 Å². The minimum atomic E-state index is -4.13. The predicted octanol–water partition coefficient (Wildman–Crippen LogP) is 3.97. The number of sulfonamides is 1. The van der Waals surface area contributed by atoms with Crippen LogP contribution in [0.3, 0.4) is 0 Å². The van der Waals surface area contributed by atoms with Crippen LogP contribution in [0.4, 0.5) is 11.4 Å². The van der Waals surface area contributed by atoms with Crippen molar-refractivity contribution in [3.63, 3.8) is 0 Å². The number of nitrogens with one attached hydrogen (secondary N) is 1. The van der Waals surface area contributed by atoms with Crippen LogP contribution in [0.2, 0.25) is 5.02 Å². The molecule has 35 heavy (non-hydrogen) atoms. The molecule has 0 aliphatic carbocycles. The molecule has 0 aliphatic heterocycles. The summed E-state index contributed by atoms with van der Waals surface area (Å²) in [6.07, 6.45) is 0. The van der Waals surface area contributed by atoms with E-state index in [4.69, 9.17) is 11.6 Å². The first kappa shape index (κ1) is 24.3. The summed E-state index contributed by atoms with van der Waals surface area (Å²) in [6, 6.07) is 23.1. The number of carbonyl (C=O) groups is 1. The van der Waals surface area contributed by atoms with Crippen molar-refractivity contribution in [2.45, 2.75) is 11.8 Å². The normalized spacial score (nSPS) is 11.3. The number of aromatic nitrogens is 2. The van der Waals surface area contributed by atoms with Crippen LogP contribution in [0.5, 0.6) is 0 Å². The van der Waals surface area contributed by atoms with Crippen molar-refractivity contribution in [3.8, 4) is 5.69 Å². The summed E-state index contributed by atoms with van der Waals surface area (Å²) >= 11 is 6.30. The maximum absolute atomic E-state index is 13.5. The second kappa shape index (κ2) is 9.81. The molecule has 1 N–H and O–H groups in total. The highest BCUT2D eigenvalue weighted by Crippen LogP contribution is 2.30. The van der Waals surface area contributed by atoms with Crippen LogP contribution in [0.15, 0.2) is 94.6 Å². The molecule has 1 amide bonds. The highest BCUT2D eigenvalue weighted by Gasteiger charge is 2.29. The summed E-state index contributed by atoms with van der Waals surface area (Å²) < 4.78 is 30.9. The summed E-state index contributed by atoms with van der Waals surface area (Å²) in [5.41, 5.74) is 0.937. The standard InChI is InChI=1S/C25H23ClN4O4S/c1-18-24(25(32)30(28(18)2)19-11-5-3-6-12-19)27-23(31)17-29(22-16-10-9-15-21(22)26)35(33,34)20-13-7-4-8-14-20/h3-16H,17H2,1-2H3,(H,27,31). The van der Waals surface area contributed by atoms with Crippen molar-refractivity contribution in [1.29, 1.82) is 0 Å². The van der Waals surface area contributed by atoms with Gasteiger partial charge in [-0.15, -0.1) is 0 Å². The fourth-order valence-electron chi connectivity index (χ4n) is 3.69. The number of para-hydroxylation sites is 2. The first-order valence-corrected chi connectivity index (χ1v) is 12.5. The maximum atomic E-state index is 13.5. The Hall–Kier alpha value is -3.82. The van der Waals surface area contributed by atoms with Gasteiger partial charge in [0.25, 0.3) is 15.6 Å². The molecule has 8 nitrogen and oxygen atoms in total. The topological polar surface area (TPSA) is 93.4 Å². The molecule has 10 heteroatoms. The van der Waals surface area contributed by atoms with Crippen molar-refractivity contribution >= 4 is 38.9 Å². The van der Waals surface area contributed by atoms with Crippen molar-refractivity contribution in [2.24, 2.45) is 7.05 Å². The lowest BCUT2D eigenvalue weighted by molar-refractivity contribution is -0.114. The van der Waals surface area contributed by atoms with Gasteiger partial charge in [0, 0.05) is 7.05 Å². The van der Waals surface area contributed by atoms with Gasteiger partial charge in [-0.1, -0.05) is 60.1 Å². The summed E-state index contributed by atoms with van der Waals surface area (Å²) in [6.45, 7) is 1.11. The lowest BCUT2D eigenvalue weighted by atomic mass is 10.3. The zero-order valence-corrected chi connectivity index (χ0v) is 20.6. The molecule has 0 unspecified atom stereocenters. The molecular formula is C25H23ClN4O4S. The number of halogens is 1. The van der Waals surface area contributed by atoms with Gasteiger partial charge < -0.3 is 5.32 Å². The monoisotopic (exact) mass is 510 g/mol. The van der Waals surface area contributed by atoms with Gasteiger partial charge in [-0.3, -0.25) is 18.6 Å². The van der Waals surface area contributed by atoms with E-state index in [-0.39, 0.29) is 21.3 Å². The molecule has 0 fully saturated rings. The third kappa shape index (κ3) is 4.73. The molecule has 3 aromatic carbocycles. The molecule has 0 aliphatic rings. The number of benzene rings is 3. The smallest absolute Gasteiger partial charge is 0.295 e. The molecule has 0 bridgehead atoms. The quantitative estimate of drug-likeness (QED) is 0.407. The second-order valence-corrected chi connectivity index (χ2v) is 10.0. The van der Waals surface area contributed by atoms with E-state index in [0.717, 1.165) is 4.31 Å². The van der Waals surface area contributed by atoms with E-state index in [1.165, 1.54) is 22.9 Å². The summed E-state index contributed by atoms with van der Waals surface area (Å²) in [7, 11) is -2.43. The minimum Gasteiger partial charge on any atom is -0.318 e. The SMILES string of the molecule is Cc1c(NC(=O)CN(c2ccccc2Cl)S(=O)(=O)c2ccccc2)c(=O)n(-c2ccccc2)n1C. The molecule has 0 saturated heterocycles. The maximum Gasteiger partial charge on any atom is 0.295 e. The lowest BCUT2D eigenvalue weighted by Gasteiger charge is -2.24. The van der Waals surface area contributed by atoms with Gasteiger partial charge in [0.2, 0.25) is 5.91 Å². The molecule has 0 radical (unpaired) electrons. The van der Waals surface area contributed by atoms with E-state index in [0.29, 0.717) is 11.4 Å². The Kier molecular flexibility index (Phi) is 6.81. The summed E-state index contributed by atoms with van der Waals surface area (Å²) in [5.74, 6) is -0.685. The molecule has 4 aromatic rings. The number of rotatable bonds is 7. The highest BCUT2D eigenvalue weighted by atomic mass is 35.5. The number of amides is 1. The molecule has 0 saturated carbocycles. The molecule has 1 aromatic heterocycles. The first-order chi connectivity index (χ1) is 16.7. The highest BCUT2D eigenvalue weighted by molar-refractivity contribution is 7.92. The third-order valence-electron chi connectivity index (χ3n) is 5.56. The predicted molar refractivity (Wildman–Crippen MR) is 137 cm³/mol. The van der Waals surface area contributed by atoms with Crippen molar-refractivity contribution in [1.82, 2.24) is 9.36 Å². The fourth-order valence-corrected chi connectivity index (χ4v) is 5.44. The number of nitrogens with zero attached hydrogens (tertiary/aromatic N) is 3. The van der Waals surface area contributed by atoms with Crippen molar-refractivity contribution < 1.29 is 13.2 Å². The summed E-state index contributed by atoms with van der Waals surface area (Å²) in [5, 5.41) is 2.78. The lowest BCUT2D eigenvalue weighted by Crippen LogP contribution is -2.39. The molecule has 0 spiro atoms. The van der Waals surface area contributed by atoms with E-state index in [9.17, 15) is 18.0 Å². The number of anilines is 2. The van der Waals surface area contributed by atoms with E-state index >= 15 is 0 Å². The van der Waals surface area contributed by atoms with Gasteiger partial charge in [0.15, 0.2) is 0 Å². The Morgan fingerprint density at radius 3 is 2.14 bits per heavy atom. The van der Waals surface area contributed by atoms with E-state index < -0.39 is 28.0 Å². The van der Waals surface area contributed by atoms with Gasteiger partial charge >= 0.3 is 0 Å². The average Bonchev–Trinajstić information content (AvgIpc) is 3.07. The van der Waals surface area contributed by atoms with E-state index in [1.807, 2.05) is 6.07 Å². The average molecular weight is 511 g/mol. The number of hydrogen-bond donors (Lipinski definition) is 1. The van der Waals surface area contributed by atoms with Gasteiger partial charge in [-0.05, 0) is 43.3 Å². The largest absolute Gasteiger partial charge is 0.318 e. The molecule has 180 valence electrons. The van der Waals surface area contributed by atoms with Crippen LogP contribution < -0.4 is 15.2 Å². The van der Waals surface area contributed by atoms with Gasteiger partial charge in [0.1, 0.15) is 12.2 Å². The third-order valence-corrected chi connectivity index (χ3v) is 7.65. The second-order valence-electron chi connectivity index (χ2n) is 7.76. The van der Waals surface area contributed by atoms with Crippen molar-refractivity contribution in [3.05, 3.63) is 106 Å². The van der Waals surface area contributed by atoms with E-state index in [1.54, 1.807) is 79.3 Å². The fraction of sp³-hybridized carbons (Fsp3) is 0.120.